The van der Waals surface area contributed by atoms with E-state index in [1.165, 1.54) is 0 Å². The number of piperidine rings is 1. The summed E-state index contributed by atoms with van der Waals surface area (Å²) in [4.78, 5) is 20.6. The number of carbonyl (C=O) groups excluding carboxylic acids is 1. The molecule has 0 saturated carbocycles. The molecule has 1 aliphatic rings. The molecule has 1 saturated heterocycles. The van der Waals surface area contributed by atoms with E-state index < -0.39 is 0 Å². The van der Waals surface area contributed by atoms with Gasteiger partial charge < -0.3 is 14.5 Å². The van der Waals surface area contributed by atoms with Crippen molar-refractivity contribution in [3.05, 3.63) is 30.1 Å². The predicted molar refractivity (Wildman–Crippen MR) is 86.7 cm³/mol. The second-order valence-electron chi connectivity index (χ2n) is 5.85. The Bertz CT molecular complexity index is 444. The van der Waals surface area contributed by atoms with Crippen LogP contribution in [0.2, 0.25) is 0 Å². The molecule has 2 rings (SSSR count). The summed E-state index contributed by atoms with van der Waals surface area (Å²) < 4.78 is 5.11. The van der Waals surface area contributed by atoms with Crippen molar-refractivity contribution in [3.63, 3.8) is 0 Å². The molecule has 0 atom stereocenters. The van der Waals surface area contributed by atoms with Crippen molar-refractivity contribution in [2.75, 3.05) is 39.9 Å². The van der Waals surface area contributed by atoms with Crippen LogP contribution in [-0.2, 0) is 16.0 Å². The van der Waals surface area contributed by atoms with Gasteiger partial charge in [-0.3, -0.25) is 9.78 Å². The summed E-state index contributed by atoms with van der Waals surface area (Å²) in [7, 11) is 1.68. The first-order valence-electron chi connectivity index (χ1n) is 8.09. The molecule has 122 valence electrons. The lowest BCUT2D eigenvalue weighted by Gasteiger charge is -2.38. The fourth-order valence-corrected chi connectivity index (χ4v) is 3.06. The van der Waals surface area contributed by atoms with Crippen molar-refractivity contribution >= 4 is 5.91 Å². The number of likely N-dealkylation sites (tertiary alicyclic amines) is 1. The van der Waals surface area contributed by atoms with Crippen molar-refractivity contribution < 1.29 is 9.53 Å². The van der Waals surface area contributed by atoms with Gasteiger partial charge in [-0.2, -0.15) is 0 Å². The molecule has 1 aromatic heterocycles. The standard InChI is InChI=1S/C17H27N3O2/c1-15(21)20(13-14-22-2)17-7-11-19(12-8-17)10-6-16-5-3-4-9-18-16/h3-5,9,17H,6-8,10-14H2,1-2H3. The van der Waals surface area contributed by atoms with Gasteiger partial charge in [0.25, 0.3) is 0 Å². The fourth-order valence-electron chi connectivity index (χ4n) is 3.06. The van der Waals surface area contributed by atoms with Gasteiger partial charge in [0.1, 0.15) is 0 Å². The van der Waals surface area contributed by atoms with Crippen LogP contribution in [0.5, 0.6) is 0 Å². The molecular weight excluding hydrogens is 278 g/mol. The maximum absolute atomic E-state index is 11.8. The van der Waals surface area contributed by atoms with Gasteiger partial charge in [-0.05, 0) is 25.0 Å². The molecule has 0 aromatic carbocycles. The number of amides is 1. The van der Waals surface area contributed by atoms with Crippen LogP contribution in [0.4, 0.5) is 0 Å². The Labute approximate surface area is 133 Å². The average Bonchev–Trinajstić information content (AvgIpc) is 2.55. The van der Waals surface area contributed by atoms with Crippen LogP contribution >= 0.6 is 0 Å². The summed E-state index contributed by atoms with van der Waals surface area (Å²) in [6, 6.07) is 6.42. The number of hydrogen-bond acceptors (Lipinski definition) is 4. The second-order valence-corrected chi connectivity index (χ2v) is 5.85. The molecule has 2 heterocycles. The molecule has 0 N–H and O–H groups in total. The van der Waals surface area contributed by atoms with Gasteiger partial charge in [0.05, 0.1) is 6.61 Å². The molecule has 22 heavy (non-hydrogen) atoms. The van der Waals surface area contributed by atoms with Crippen LogP contribution in [0.25, 0.3) is 0 Å². The number of nitrogens with zero attached hydrogens (tertiary/aromatic N) is 3. The lowest BCUT2D eigenvalue weighted by atomic mass is 10.0. The summed E-state index contributed by atoms with van der Waals surface area (Å²) in [5.41, 5.74) is 1.15. The molecule has 0 spiro atoms. The predicted octanol–water partition coefficient (Wildman–Crippen LogP) is 1.58. The number of ether oxygens (including phenoxy) is 1. The molecule has 1 aromatic rings. The molecule has 5 heteroatoms. The lowest BCUT2D eigenvalue weighted by Crippen LogP contribution is -2.48. The SMILES string of the molecule is COCCN(C(C)=O)C1CCN(CCc2ccccn2)CC1. The van der Waals surface area contributed by atoms with E-state index in [4.69, 9.17) is 4.74 Å². The summed E-state index contributed by atoms with van der Waals surface area (Å²) >= 11 is 0. The molecular formula is C17H27N3O2. The van der Waals surface area contributed by atoms with Crippen molar-refractivity contribution in [2.45, 2.75) is 32.2 Å². The number of aromatic nitrogens is 1. The minimum Gasteiger partial charge on any atom is -0.383 e. The monoisotopic (exact) mass is 305 g/mol. The summed E-state index contributed by atoms with van der Waals surface area (Å²) in [5.74, 6) is 0.156. The van der Waals surface area contributed by atoms with Crippen LogP contribution in [-0.4, -0.2) is 66.6 Å². The molecule has 1 amide bonds. The molecule has 1 fully saturated rings. The zero-order valence-electron chi connectivity index (χ0n) is 13.7. The molecule has 0 unspecified atom stereocenters. The Morgan fingerprint density at radius 1 is 1.41 bits per heavy atom. The van der Waals surface area contributed by atoms with E-state index in [2.05, 4.69) is 16.0 Å². The Kier molecular flexibility index (Phi) is 6.80. The van der Waals surface area contributed by atoms with Crippen molar-refractivity contribution in [3.8, 4) is 0 Å². The summed E-state index contributed by atoms with van der Waals surface area (Å²) in [6.45, 7) is 6.11. The molecule has 5 nitrogen and oxygen atoms in total. The number of rotatable bonds is 7. The van der Waals surface area contributed by atoms with Gasteiger partial charge in [-0.25, -0.2) is 0 Å². The van der Waals surface area contributed by atoms with E-state index >= 15 is 0 Å². The highest BCUT2D eigenvalue weighted by Gasteiger charge is 2.25. The topological polar surface area (TPSA) is 45.7 Å². The van der Waals surface area contributed by atoms with Gasteiger partial charge in [0.15, 0.2) is 0 Å². The van der Waals surface area contributed by atoms with E-state index in [0.717, 1.165) is 44.6 Å². The third kappa shape index (κ3) is 5.07. The van der Waals surface area contributed by atoms with Gasteiger partial charge in [-0.15, -0.1) is 0 Å². The number of methoxy groups -OCH3 is 1. The van der Waals surface area contributed by atoms with Crippen molar-refractivity contribution in [2.24, 2.45) is 0 Å². The molecule has 1 aliphatic heterocycles. The minimum atomic E-state index is 0.156. The van der Waals surface area contributed by atoms with Gasteiger partial charge in [0.2, 0.25) is 5.91 Å². The van der Waals surface area contributed by atoms with Gasteiger partial charge >= 0.3 is 0 Å². The average molecular weight is 305 g/mol. The zero-order chi connectivity index (χ0) is 15.8. The molecule has 0 aliphatic carbocycles. The van der Waals surface area contributed by atoms with Crippen LogP contribution < -0.4 is 0 Å². The summed E-state index contributed by atoms with van der Waals surface area (Å²) in [6.07, 6.45) is 4.94. The van der Waals surface area contributed by atoms with E-state index in [1.54, 1.807) is 14.0 Å². The van der Waals surface area contributed by atoms with E-state index in [1.807, 2.05) is 23.2 Å². The first kappa shape index (κ1) is 16.9. The van der Waals surface area contributed by atoms with Crippen molar-refractivity contribution in [1.29, 1.82) is 0 Å². The van der Waals surface area contributed by atoms with Crippen LogP contribution in [0.15, 0.2) is 24.4 Å². The quantitative estimate of drug-likeness (QED) is 0.767. The maximum atomic E-state index is 11.8. The fraction of sp³-hybridized carbons (Fsp3) is 0.647. The largest absolute Gasteiger partial charge is 0.383 e. The number of carbonyl (C=O) groups is 1. The van der Waals surface area contributed by atoms with E-state index in [9.17, 15) is 4.79 Å². The van der Waals surface area contributed by atoms with Crippen molar-refractivity contribution in [1.82, 2.24) is 14.8 Å². The van der Waals surface area contributed by atoms with Crippen LogP contribution in [0, 0.1) is 0 Å². The lowest BCUT2D eigenvalue weighted by molar-refractivity contribution is -0.132. The third-order valence-corrected chi connectivity index (χ3v) is 4.35. The third-order valence-electron chi connectivity index (χ3n) is 4.35. The Morgan fingerprint density at radius 2 is 2.18 bits per heavy atom. The minimum absolute atomic E-state index is 0.156. The Hall–Kier alpha value is -1.46. The Morgan fingerprint density at radius 3 is 2.77 bits per heavy atom. The highest BCUT2D eigenvalue weighted by molar-refractivity contribution is 5.73. The molecule has 0 bridgehead atoms. The first-order chi connectivity index (χ1) is 10.7. The zero-order valence-corrected chi connectivity index (χ0v) is 13.7. The number of pyridine rings is 1. The smallest absolute Gasteiger partial charge is 0.219 e. The molecule has 0 radical (unpaired) electrons. The van der Waals surface area contributed by atoms with Crippen LogP contribution in [0.3, 0.4) is 0 Å². The second kappa shape index (κ2) is 8.86. The summed E-state index contributed by atoms with van der Waals surface area (Å²) in [5, 5.41) is 0. The van der Waals surface area contributed by atoms with E-state index in [-0.39, 0.29) is 5.91 Å². The maximum Gasteiger partial charge on any atom is 0.219 e. The first-order valence-corrected chi connectivity index (χ1v) is 8.09. The highest BCUT2D eigenvalue weighted by Crippen LogP contribution is 2.17. The van der Waals surface area contributed by atoms with Crippen LogP contribution in [0.1, 0.15) is 25.5 Å². The van der Waals surface area contributed by atoms with E-state index in [0.29, 0.717) is 19.2 Å². The highest BCUT2D eigenvalue weighted by atomic mass is 16.5. The number of hydrogen-bond donors (Lipinski definition) is 0. The van der Waals surface area contributed by atoms with Gasteiger partial charge in [0, 0.05) is 64.6 Å². The normalized spacial score (nSPS) is 16.6. The van der Waals surface area contributed by atoms with Gasteiger partial charge in [-0.1, -0.05) is 6.07 Å². The Balaban J connectivity index is 1.75.